The summed E-state index contributed by atoms with van der Waals surface area (Å²) >= 11 is 0. The van der Waals surface area contributed by atoms with E-state index in [9.17, 15) is 0 Å². The molecule has 20 heavy (non-hydrogen) atoms. The summed E-state index contributed by atoms with van der Waals surface area (Å²) in [5.74, 6) is 0. The van der Waals surface area contributed by atoms with E-state index in [0.29, 0.717) is 6.54 Å². The molecule has 2 aromatic rings. The second-order valence-corrected chi connectivity index (χ2v) is 5.27. The van der Waals surface area contributed by atoms with Gasteiger partial charge in [0.15, 0.2) is 0 Å². The zero-order valence-corrected chi connectivity index (χ0v) is 12.7. The minimum absolute atomic E-state index is 0.117. The van der Waals surface area contributed by atoms with E-state index in [1.54, 1.807) is 0 Å². The Morgan fingerprint density at radius 3 is 2.60 bits per heavy atom. The summed E-state index contributed by atoms with van der Waals surface area (Å²) in [5.41, 5.74) is 7.03. The number of nitrogens with zero attached hydrogens (tertiary/aromatic N) is 2. The Hall–Kier alpha value is -1.81. The van der Waals surface area contributed by atoms with Crippen molar-refractivity contribution in [1.29, 1.82) is 0 Å². The van der Waals surface area contributed by atoms with E-state index < -0.39 is 0 Å². The molecular weight excluding hydrogens is 250 g/mol. The predicted octanol–water partition coefficient (Wildman–Crippen LogP) is 2.72. The highest BCUT2D eigenvalue weighted by Crippen LogP contribution is 2.19. The van der Waals surface area contributed by atoms with Crippen LogP contribution < -0.4 is 5.32 Å². The molecule has 2 N–H and O–H groups in total. The van der Waals surface area contributed by atoms with Gasteiger partial charge in [-0.25, -0.2) is 0 Å². The summed E-state index contributed by atoms with van der Waals surface area (Å²) in [4.78, 5) is 0. The molecular formula is C16H23N3O. The number of anilines is 1. The molecule has 0 unspecified atom stereocenters. The van der Waals surface area contributed by atoms with Crippen LogP contribution in [0, 0.1) is 27.7 Å². The summed E-state index contributed by atoms with van der Waals surface area (Å²) in [6.07, 6.45) is 0. The van der Waals surface area contributed by atoms with Gasteiger partial charge in [-0.05, 0) is 39.3 Å². The van der Waals surface area contributed by atoms with Crippen LogP contribution in [0.15, 0.2) is 18.2 Å². The Kier molecular flexibility index (Phi) is 4.45. The highest BCUT2D eigenvalue weighted by Gasteiger charge is 2.11. The molecule has 0 bridgehead atoms. The third kappa shape index (κ3) is 3.02. The van der Waals surface area contributed by atoms with Gasteiger partial charge in [-0.3, -0.25) is 4.68 Å². The van der Waals surface area contributed by atoms with Crippen LogP contribution in [0.4, 0.5) is 5.69 Å². The number of benzene rings is 1. The molecule has 4 nitrogen and oxygen atoms in total. The lowest BCUT2D eigenvalue weighted by Crippen LogP contribution is -2.07. The van der Waals surface area contributed by atoms with Gasteiger partial charge < -0.3 is 10.4 Å². The number of nitrogens with one attached hydrogen (secondary N) is 1. The summed E-state index contributed by atoms with van der Waals surface area (Å²) in [5, 5.41) is 17.0. The Morgan fingerprint density at radius 1 is 1.20 bits per heavy atom. The fourth-order valence-corrected chi connectivity index (χ4v) is 2.50. The Labute approximate surface area is 120 Å². The molecule has 0 aliphatic carbocycles. The van der Waals surface area contributed by atoms with Gasteiger partial charge >= 0.3 is 0 Å². The van der Waals surface area contributed by atoms with Crippen molar-refractivity contribution in [1.82, 2.24) is 9.78 Å². The number of hydrogen-bond acceptors (Lipinski definition) is 3. The summed E-state index contributed by atoms with van der Waals surface area (Å²) < 4.78 is 1.87. The SMILES string of the molecule is Cc1ccc(NCc2c(C)nn(CCO)c2C)c(C)c1. The summed E-state index contributed by atoms with van der Waals surface area (Å²) in [6, 6.07) is 6.41. The van der Waals surface area contributed by atoms with Crippen molar-refractivity contribution in [2.75, 3.05) is 11.9 Å². The van der Waals surface area contributed by atoms with Crippen molar-refractivity contribution in [3.05, 3.63) is 46.3 Å². The Bertz CT molecular complexity index is 602. The molecule has 0 radical (unpaired) electrons. The molecule has 2 rings (SSSR count). The first-order valence-corrected chi connectivity index (χ1v) is 6.97. The van der Waals surface area contributed by atoms with Gasteiger partial charge in [-0.2, -0.15) is 5.10 Å². The predicted molar refractivity (Wildman–Crippen MR) is 82.0 cm³/mol. The van der Waals surface area contributed by atoms with Crippen molar-refractivity contribution in [3.63, 3.8) is 0 Å². The lowest BCUT2D eigenvalue weighted by Gasteiger charge is -2.11. The lowest BCUT2D eigenvalue weighted by atomic mass is 10.1. The average Bonchev–Trinajstić information content (AvgIpc) is 2.65. The molecule has 0 atom stereocenters. The second kappa shape index (κ2) is 6.09. The molecule has 0 saturated carbocycles. The van der Waals surface area contributed by atoms with E-state index in [-0.39, 0.29) is 6.61 Å². The van der Waals surface area contributed by atoms with E-state index in [0.717, 1.165) is 23.6 Å². The monoisotopic (exact) mass is 273 g/mol. The molecule has 1 aromatic heterocycles. The molecule has 0 saturated heterocycles. The molecule has 4 heteroatoms. The second-order valence-electron chi connectivity index (χ2n) is 5.27. The standard InChI is InChI=1S/C16H23N3O/c1-11-5-6-16(12(2)9-11)17-10-15-13(3)18-19(7-8-20)14(15)4/h5-6,9,17,20H,7-8,10H2,1-4H3. The number of aliphatic hydroxyl groups excluding tert-OH is 1. The van der Waals surface area contributed by atoms with E-state index in [1.165, 1.54) is 16.7 Å². The molecule has 1 aromatic carbocycles. The lowest BCUT2D eigenvalue weighted by molar-refractivity contribution is 0.268. The molecule has 1 heterocycles. The normalized spacial score (nSPS) is 10.8. The van der Waals surface area contributed by atoms with Crippen LogP contribution in [0.25, 0.3) is 0 Å². The smallest absolute Gasteiger partial charge is 0.0646 e. The molecule has 0 fully saturated rings. The quantitative estimate of drug-likeness (QED) is 0.880. The van der Waals surface area contributed by atoms with Crippen LogP contribution >= 0.6 is 0 Å². The minimum atomic E-state index is 0.117. The van der Waals surface area contributed by atoms with Crippen LogP contribution in [-0.4, -0.2) is 21.5 Å². The van der Waals surface area contributed by atoms with Gasteiger partial charge in [-0.1, -0.05) is 17.7 Å². The number of aryl methyl sites for hydroxylation is 3. The first-order valence-electron chi connectivity index (χ1n) is 6.97. The number of hydrogen-bond donors (Lipinski definition) is 2. The van der Waals surface area contributed by atoms with Gasteiger partial charge in [0.25, 0.3) is 0 Å². The number of aromatic nitrogens is 2. The maximum atomic E-state index is 9.04. The highest BCUT2D eigenvalue weighted by molar-refractivity contribution is 5.52. The van der Waals surface area contributed by atoms with Crippen molar-refractivity contribution < 1.29 is 5.11 Å². The maximum absolute atomic E-state index is 9.04. The Morgan fingerprint density at radius 2 is 1.95 bits per heavy atom. The Balaban J connectivity index is 2.14. The van der Waals surface area contributed by atoms with Crippen LogP contribution in [0.3, 0.4) is 0 Å². The number of aliphatic hydroxyl groups is 1. The topological polar surface area (TPSA) is 50.1 Å². The highest BCUT2D eigenvalue weighted by atomic mass is 16.3. The van der Waals surface area contributed by atoms with E-state index in [4.69, 9.17) is 5.11 Å². The van der Waals surface area contributed by atoms with Gasteiger partial charge in [0.05, 0.1) is 18.8 Å². The average molecular weight is 273 g/mol. The van der Waals surface area contributed by atoms with Crippen LogP contribution in [0.1, 0.15) is 28.1 Å². The first-order chi connectivity index (χ1) is 9.52. The molecule has 0 aliphatic heterocycles. The molecule has 0 spiro atoms. The van der Waals surface area contributed by atoms with Crippen LogP contribution in [0.2, 0.25) is 0 Å². The van der Waals surface area contributed by atoms with Crippen molar-refractivity contribution >= 4 is 5.69 Å². The van der Waals surface area contributed by atoms with E-state index in [2.05, 4.69) is 49.4 Å². The fraction of sp³-hybridized carbons (Fsp3) is 0.438. The first kappa shape index (κ1) is 14.6. The van der Waals surface area contributed by atoms with Gasteiger partial charge in [0.2, 0.25) is 0 Å². The van der Waals surface area contributed by atoms with Gasteiger partial charge in [0, 0.05) is 23.5 Å². The molecule has 0 aliphatic rings. The zero-order valence-electron chi connectivity index (χ0n) is 12.7. The maximum Gasteiger partial charge on any atom is 0.0646 e. The van der Waals surface area contributed by atoms with Crippen molar-refractivity contribution in [3.8, 4) is 0 Å². The number of rotatable bonds is 5. The molecule has 108 valence electrons. The van der Waals surface area contributed by atoms with Gasteiger partial charge in [-0.15, -0.1) is 0 Å². The molecule has 0 amide bonds. The minimum Gasteiger partial charge on any atom is -0.394 e. The summed E-state index contributed by atoms with van der Waals surface area (Å²) in [6.45, 7) is 9.71. The largest absolute Gasteiger partial charge is 0.394 e. The van der Waals surface area contributed by atoms with Crippen molar-refractivity contribution in [2.45, 2.75) is 40.8 Å². The van der Waals surface area contributed by atoms with Gasteiger partial charge in [0.1, 0.15) is 0 Å². The van der Waals surface area contributed by atoms with Crippen LogP contribution in [0.5, 0.6) is 0 Å². The van der Waals surface area contributed by atoms with E-state index >= 15 is 0 Å². The summed E-state index contributed by atoms with van der Waals surface area (Å²) in [7, 11) is 0. The van der Waals surface area contributed by atoms with E-state index in [1.807, 2.05) is 11.6 Å². The van der Waals surface area contributed by atoms with Crippen LogP contribution in [-0.2, 0) is 13.1 Å². The van der Waals surface area contributed by atoms with Crippen molar-refractivity contribution in [2.24, 2.45) is 0 Å². The third-order valence-electron chi connectivity index (χ3n) is 3.68. The zero-order chi connectivity index (χ0) is 14.7. The fourth-order valence-electron chi connectivity index (χ4n) is 2.50. The third-order valence-corrected chi connectivity index (χ3v) is 3.68.